The van der Waals surface area contributed by atoms with E-state index in [2.05, 4.69) is 25.2 Å². The Hall–Kier alpha value is -2.25. The van der Waals surface area contributed by atoms with Gasteiger partial charge < -0.3 is 25.0 Å². The molecule has 1 aliphatic carbocycles. The Bertz CT molecular complexity index is 654. The zero-order valence-electron chi connectivity index (χ0n) is 16.3. The highest BCUT2D eigenvalue weighted by atomic mass is 16.2. The second-order valence-corrected chi connectivity index (χ2v) is 7.45. The molecule has 0 bridgehead atoms. The van der Waals surface area contributed by atoms with Crippen LogP contribution in [0.15, 0.2) is 11.2 Å². The van der Waals surface area contributed by atoms with Crippen LogP contribution in [0.1, 0.15) is 31.4 Å². The molecule has 8 nitrogen and oxygen atoms in total. The van der Waals surface area contributed by atoms with E-state index in [1.54, 1.807) is 7.05 Å². The summed E-state index contributed by atoms with van der Waals surface area (Å²) in [7, 11) is 7.78. The quantitative estimate of drug-likeness (QED) is 0.592. The molecule has 1 aromatic rings. The van der Waals surface area contributed by atoms with Crippen LogP contribution in [0, 0.1) is 5.92 Å². The number of anilines is 1. The van der Waals surface area contributed by atoms with Gasteiger partial charge in [0.25, 0.3) is 0 Å². The number of nitrogens with one attached hydrogen (secondary N) is 2. The molecule has 1 aromatic heterocycles. The predicted molar refractivity (Wildman–Crippen MR) is 103 cm³/mol. The first-order valence-corrected chi connectivity index (χ1v) is 9.43. The molecule has 0 spiro atoms. The van der Waals surface area contributed by atoms with Crippen molar-refractivity contribution in [3.63, 3.8) is 0 Å². The Labute approximate surface area is 155 Å². The van der Waals surface area contributed by atoms with Crippen molar-refractivity contribution in [3.8, 4) is 0 Å². The van der Waals surface area contributed by atoms with Crippen molar-refractivity contribution >= 4 is 17.8 Å². The van der Waals surface area contributed by atoms with Crippen molar-refractivity contribution in [2.24, 2.45) is 18.0 Å². The molecule has 2 N–H and O–H groups in total. The minimum absolute atomic E-state index is 0.319. The Morgan fingerprint density at radius 2 is 2.00 bits per heavy atom. The van der Waals surface area contributed by atoms with Gasteiger partial charge in [0.05, 0.1) is 18.4 Å². The van der Waals surface area contributed by atoms with Gasteiger partial charge >= 0.3 is 0 Å². The fourth-order valence-corrected chi connectivity index (χ4v) is 3.41. The number of hydrogen-bond donors (Lipinski definition) is 2. The standard InChI is InChI=1S/C18H31N7O/c1-19-17(20-11-15-12-21-18(23(2)3)24(15)4)22-14-7-9-25(10-8-14)16(26)13-5-6-13/h12-14H,5-11H2,1-4H3,(H2,19,20,22). The number of aromatic nitrogens is 2. The third-order valence-corrected chi connectivity index (χ3v) is 5.19. The number of nitrogens with zero attached hydrogens (tertiary/aromatic N) is 5. The van der Waals surface area contributed by atoms with Gasteiger partial charge in [-0.25, -0.2) is 4.98 Å². The smallest absolute Gasteiger partial charge is 0.225 e. The van der Waals surface area contributed by atoms with Gasteiger partial charge in [0, 0.05) is 53.2 Å². The van der Waals surface area contributed by atoms with Crippen molar-refractivity contribution in [2.75, 3.05) is 39.1 Å². The summed E-state index contributed by atoms with van der Waals surface area (Å²) in [6.07, 6.45) is 5.98. The van der Waals surface area contributed by atoms with Crippen LogP contribution < -0.4 is 15.5 Å². The first-order valence-electron chi connectivity index (χ1n) is 9.43. The summed E-state index contributed by atoms with van der Waals surface area (Å²) >= 11 is 0. The molecular weight excluding hydrogens is 330 g/mol. The van der Waals surface area contributed by atoms with Crippen LogP contribution in [0.3, 0.4) is 0 Å². The Kier molecular flexibility index (Phi) is 5.68. The summed E-state index contributed by atoms with van der Waals surface area (Å²) in [4.78, 5) is 24.9. The Morgan fingerprint density at radius 1 is 1.31 bits per heavy atom. The van der Waals surface area contributed by atoms with Gasteiger partial charge in [-0.05, 0) is 25.7 Å². The summed E-state index contributed by atoms with van der Waals surface area (Å²) in [6, 6.07) is 0.355. The van der Waals surface area contributed by atoms with Gasteiger partial charge in [-0.2, -0.15) is 0 Å². The topological polar surface area (TPSA) is 77.8 Å². The number of hydrogen-bond acceptors (Lipinski definition) is 4. The minimum atomic E-state index is 0.319. The van der Waals surface area contributed by atoms with E-state index < -0.39 is 0 Å². The highest BCUT2D eigenvalue weighted by Crippen LogP contribution is 2.31. The zero-order valence-corrected chi connectivity index (χ0v) is 16.3. The number of carbonyl (C=O) groups is 1. The Balaban J connectivity index is 1.46. The average Bonchev–Trinajstić information content (AvgIpc) is 3.42. The van der Waals surface area contributed by atoms with Crippen LogP contribution in [-0.4, -0.2) is 66.6 Å². The van der Waals surface area contributed by atoms with Gasteiger partial charge in [-0.1, -0.05) is 0 Å². The van der Waals surface area contributed by atoms with E-state index in [0.29, 0.717) is 24.4 Å². The van der Waals surface area contributed by atoms with Crippen LogP contribution in [0.25, 0.3) is 0 Å². The van der Waals surface area contributed by atoms with E-state index in [1.807, 2.05) is 37.1 Å². The van der Waals surface area contributed by atoms with Gasteiger partial charge in [0.1, 0.15) is 0 Å². The highest BCUT2D eigenvalue weighted by Gasteiger charge is 2.34. The van der Waals surface area contributed by atoms with E-state index in [-0.39, 0.29) is 0 Å². The largest absolute Gasteiger partial charge is 0.354 e. The molecule has 144 valence electrons. The van der Waals surface area contributed by atoms with Gasteiger partial charge in [-0.15, -0.1) is 0 Å². The Morgan fingerprint density at radius 3 is 2.54 bits per heavy atom. The maximum absolute atomic E-state index is 12.1. The van der Waals surface area contributed by atoms with Crippen LogP contribution in [0.5, 0.6) is 0 Å². The zero-order chi connectivity index (χ0) is 18.7. The first-order chi connectivity index (χ1) is 12.5. The maximum Gasteiger partial charge on any atom is 0.225 e. The summed E-state index contributed by atoms with van der Waals surface area (Å²) in [5.41, 5.74) is 1.10. The van der Waals surface area contributed by atoms with E-state index in [4.69, 9.17) is 0 Å². The summed E-state index contributed by atoms with van der Waals surface area (Å²) in [5.74, 6) is 2.40. The number of amides is 1. The minimum Gasteiger partial charge on any atom is -0.354 e. The van der Waals surface area contributed by atoms with Crippen molar-refractivity contribution < 1.29 is 4.79 Å². The lowest BCUT2D eigenvalue weighted by atomic mass is 10.0. The maximum atomic E-state index is 12.1. The number of carbonyl (C=O) groups excluding carboxylic acids is 1. The SMILES string of the molecule is CN=C(NCc1cnc(N(C)C)n1C)NC1CCN(C(=O)C2CC2)CC1. The average molecular weight is 361 g/mol. The molecule has 1 saturated heterocycles. The second kappa shape index (κ2) is 7.97. The van der Waals surface area contributed by atoms with Gasteiger partial charge in [-0.3, -0.25) is 9.79 Å². The molecule has 2 heterocycles. The summed E-state index contributed by atoms with van der Waals surface area (Å²) < 4.78 is 2.07. The molecule has 0 atom stereocenters. The summed E-state index contributed by atoms with van der Waals surface area (Å²) in [6.45, 7) is 2.35. The van der Waals surface area contributed by atoms with Crippen LogP contribution in [-0.2, 0) is 18.4 Å². The third kappa shape index (κ3) is 4.28. The van der Waals surface area contributed by atoms with Crippen molar-refractivity contribution in [1.29, 1.82) is 0 Å². The lowest BCUT2D eigenvalue weighted by Crippen LogP contribution is -2.50. The molecule has 1 amide bonds. The summed E-state index contributed by atoms with van der Waals surface area (Å²) in [5, 5.41) is 6.86. The second-order valence-electron chi connectivity index (χ2n) is 7.45. The van der Waals surface area contributed by atoms with Crippen LogP contribution in [0.4, 0.5) is 5.95 Å². The normalized spacial score (nSPS) is 18.8. The molecule has 2 fully saturated rings. The van der Waals surface area contributed by atoms with E-state index in [9.17, 15) is 4.79 Å². The molecule has 1 saturated carbocycles. The van der Waals surface area contributed by atoms with Crippen molar-refractivity contribution in [2.45, 2.75) is 38.3 Å². The molecule has 8 heteroatoms. The number of guanidine groups is 1. The predicted octanol–water partition coefficient (Wildman–Crippen LogP) is 0.552. The molecule has 3 rings (SSSR count). The van der Waals surface area contributed by atoms with Crippen LogP contribution >= 0.6 is 0 Å². The number of imidazole rings is 1. The monoisotopic (exact) mass is 361 g/mol. The van der Waals surface area contributed by atoms with Crippen molar-refractivity contribution in [1.82, 2.24) is 25.1 Å². The molecule has 1 aliphatic heterocycles. The van der Waals surface area contributed by atoms with Gasteiger partial charge in [0.15, 0.2) is 5.96 Å². The van der Waals surface area contributed by atoms with Gasteiger partial charge in [0.2, 0.25) is 11.9 Å². The number of piperidine rings is 1. The lowest BCUT2D eigenvalue weighted by Gasteiger charge is -2.33. The third-order valence-electron chi connectivity index (χ3n) is 5.19. The highest BCUT2D eigenvalue weighted by molar-refractivity contribution is 5.81. The van der Waals surface area contributed by atoms with E-state index in [0.717, 1.165) is 56.4 Å². The number of rotatable bonds is 5. The molecule has 0 unspecified atom stereocenters. The van der Waals surface area contributed by atoms with E-state index in [1.165, 1.54) is 0 Å². The van der Waals surface area contributed by atoms with E-state index >= 15 is 0 Å². The first kappa shape index (κ1) is 18.5. The fraction of sp³-hybridized carbons (Fsp3) is 0.722. The molecule has 0 aromatic carbocycles. The number of likely N-dealkylation sites (tertiary alicyclic amines) is 1. The van der Waals surface area contributed by atoms with Crippen LogP contribution in [0.2, 0.25) is 0 Å². The number of aliphatic imine (C=N–C) groups is 1. The molecule has 26 heavy (non-hydrogen) atoms. The lowest BCUT2D eigenvalue weighted by molar-refractivity contribution is -0.133. The molecule has 2 aliphatic rings. The molecule has 0 radical (unpaired) electrons. The van der Waals surface area contributed by atoms with Crippen molar-refractivity contribution in [3.05, 3.63) is 11.9 Å². The fourth-order valence-electron chi connectivity index (χ4n) is 3.41. The molecular formula is C18H31N7O.